The molecule has 2 N–H and O–H groups in total. The summed E-state index contributed by atoms with van der Waals surface area (Å²) in [5.74, 6) is -0.336. The third-order valence-corrected chi connectivity index (χ3v) is 4.40. The molecule has 0 saturated carbocycles. The normalized spacial score (nSPS) is 11.0. The molecule has 0 unspecified atom stereocenters. The molecule has 0 fully saturated rings. The van der Waals surface area contributed by atoms with Crippen molar-refractivity contribution >= 4 is 21.7 Å². The molecular formula is C16H17NO5S. The Morgan fingerprint density at radius 3 is 2.22 bits per heavy atom. The number of carboxylic acids is 1. The second kappa shape index (κ2) is 7.15. The van der Waals surface area contributed by atoms with Gasteiger partial charge < -0.3 is 9.84 Å². The monoisotopic (exact) mass is 335 g/mol. The lowest BCUT2D eigenvalue weighted by molar-refractivity contribution is -0.136. The quantitative estimate of drug-likeness (QED) is 0.811. The van der Waals surface area contributed by atoms with E-state index in [1.54, 1.807) is 24.3 Å². The van der Waals surface area contributed by atoms with Crippen molar-refractivity contribution in [3.63, 3.8) is 0 Å². The van der Waals surface area contributed by atoms with Gasteiger partial charge in [0.2, 0.25) is 0 Å². The molecule has 0 aromatic heterocycles. The lowest BCUT2D eigenvalue weighted by atomic mass is 10.1. The van der Waals surface area contributed by atoms with Gasteiger partial charge in [0.25, 0.3) is 10.0 Å². The van der Waals surface area contributed by atoms with Gasteiger partial charge in [-0.05, 0) is 48.9 Å². The summed E-state index contributed by atoms with van der Waals surface area (Å²) in [6.07, 6.45) is -0.105. The predicted octanol–water partition coefficient (Wildman–Crippen LogP) is 2.51. The lowest BCUT2D eigenvalue weighted by Crippen LogP contribution is -2.13. The minimum atomic E-state index is -3.70. The SMILES string of the molecule is CCOc1ccc(S(=O)(=O)Nc2ccc(CC(=O)O)cc2)cc1. The van der Waals surface area contributed by atoms with Crippen LogP contribution < -0.4 is 9.46 Å². The van der Waals surface area contributed by atoms with E-state index >= 15 is 0 Å². The average Bonchev–Trinajstić information content (AvgIpc) is 2.49. The predicted molar refractivity (Wildman–Crippen MR) is 86.2 cm³/mol. The number of sulfonamides is 1. The summed E-state index contributed by atoms with van der Waals surface area (Å²) >= 11 is 0. The average molecular weight is 335 g/mol. The fourth-order valence-electron chi connectivity index (χ4n) is 1.96. The highest BCUT2D eigenvalue weighted by atomic mass is 32.2. The number of anilines is 1. The third-order valence-electron chi connectivity index (χ3n) is 3.01. The van der Waals surface area contributed by atoms with Crippen molar-refractivity contribution < 1.29 is 23.1 Å². The van der Waals surface area contributed by atoms with Gasteiger partial charge in [-0.3, -0.25) is 9.52 Å². The number of nitrogens with one attached hydrogen (secondary N) is 1. The molecule has 0 aliphatic carbocycles. The van der Waals surface area contributed by atoms with Gasteiger partial charge in [0.15, 0.2) is 0 Å². The van der Waals surface area contributed by atoms with E-state index in [-0.39, 0.29) is 11.3 Å². The van der Waals surface area contributed by atoms with Crippen molar-refractivity contribution in [2.24, 2.45) is 0 Å². The zero-order valence-electron chi connectivity index (χ0n) is 12.5. The van der Waals surface area contributed by atoms with E-state index in [0.717, 1.165) is 0 Å². The first-order chi connectivity index (χ1) is 10.9. The molecule has 23 heavy (non-hydrogen) atoms. The summed E-state index contributed by atoms with van der Waals surface area (Å²) in [4.78, 5) is 10.7. The summed E-state index contributed by atoms with van der Waals surface area (Å²) in [5, 5.41) is 8.71. The summed E-state index contributed by atoms with van der Waals surface area (Å²) in [6, 6.07) is 12.3. The molecule has 0 saturated heterocycles. The number of hydrogen-bond donors (Lipinski definition) is 2. The molecule has 6 nitrogen and oxygen atoms in total. The van der Waals surface area contributed by atoms with Gasteiger partial charge >= 0.3 is 5.97 Å². The highest BCUT2D eigenvalue weighted by Crippen LogP contribution is 2.19. The number of aliphatic carboxylic acids is 1. The van der Waals surface area contributed by atoms with E-state index in [0.29, 0.717) is 23.6 Å². The molecule has 2 aromatic rings. The van der Waals surface area contributed by atoms with Crippen molar-refractivity contribution in [2.75, 3.05) is 11.3 Å². The van der Waals surface area contributed by atoms with Gasteiger partial charge in [-0.25, -0.2) is 8.42 Å². The summed E-state index contributed by atoms with van der Waals surface area (Å²) < 4.78 is 32.3. The van der Waals surface area contributed by atoms with E-state index in [1.165, 1.54) is 24.3 Å². The van der Waals surface area contributed by atoms with Crippen molar-refractivity contribution in [2.45, 2.75) is 18.2 Å². The van der Waals surface area contributed by atoms with Gasteiger partial charge in [-0.1, -0.05) is 12.1 Å². The van der Waals surface area contributed by atoms with Gasteiger partial charge in [-0.2, -0.15) is 0 Å². The second-order valence-corrected chi connectivity index (χ2v) is 6.46. The number of benzene rings is 2. The van der Waals surface area contributed by atoms with Crippen LogP contribution in [0.4, 0.5) is 5.69 Å². The van der Waals surface area contributed by atoms with Crippen LogP contribution >= 0.6 is 0 Å². The van der Waals surface area contributed by atoms with Crippen LogP contribution in [-0.4, -0.2) is 26.1 Å². The molecule has 122 valence electrons. The highest BCUT2D eigenvalue weighted by Gasteiger charge is 2.14. The first-order valence-electron chi connectivity index (χ1n) is 6.97. The fourth-order valence-corrected chi connectivity index (χ4v) is 3.02. The number of carbonyl (C=O) groups is 1. The first kappa shape index (κ1) is 16.8. The Morgan fingerprint density at radius 1 is 1.09 bits per heavy atom. The van der Waals surface area contributed by atoms with Gasteiger partial charge in [-0.15, -0.1) is 0 Å². The van der Waals surface area contributed by atoms with Crippen LogP contribution in [-0.2, 0) is 21.2 Å². The van der Waals surface area contributed by atoms with E-state index in [9.17, 15) is 13.2 Å². The zero-order valence-corrected chi connectivity index (χ0v) is 13.3. The molecule has 0 aliphatic heterocycles. The van der Waals surface area contributed by atoms with E-state index in [2.05, 4.69) is 4.72 Å². The largest absolute Gasteiger partial charge is 0.494 e. The molecule has 0 spiro atoms. The van der Waals surface area contributed by atoms with Crippen LogP contribution in [0.3, 0.4) is 0 Å². The molecule has 7 heteroatoms. The summed E-state index contributed by atoms with van der Waals surface area (Å²) in [5.41, 5.74) is 0.967. The highest BCUT2D eigenvalue weighted by molar-refractivity contribution is 7.92. The Balaban J connectivity index is 2.12. The maximum atomic E-state index is 12.3. The van der Waals surface area contributed by atoms with Gasteiger partial charge in [0, 0.05) is 5.69 Å². The molecule has 0 aliphatic rings. The number of rotatable bonds is 7. The molecule has 0 heterocycles. The lowest BCUT2D eigenvalue weighted by Gasteiger charge is -2.09. The standard InChI is InChI=1S/C16H17NO5S/c1-2-22-14-7-9-15(10-8-14)23(20,21)17-13-5-3-12(4-6-13)11-16(18)19/h3-10,17H,2,11H2,1H3,(H,18,19). The zero-order chi connectivity index (χ0) is 16.9. The van der Waals surface area contributed by atoms with Crippen molar-refractivity contribution in [3.8, 4) is 5.75 Å². The van der Waals surface area contributed by atoms with Crippen molar-refractivity contribution in [3.05, 3.63) is 54.1 Å². The van der Waals surface area contributed by atoms with Crippen LogP contribution in [0.5, 0.6) is 5.75 Å². The molecule has 0 amide bonds. The first-order valence-corrected chi connectivity index (χ1v) is 8.45. The second-order valence-electron chi connectivity index (χ2n) is 4.78. The summed E-state index contributed by atoms with van der Waals surface area (Å²) in [6.45, 7) is 2.35. The maximum absolute atomic E-state index is 12.3. The minimum Gasteiger partial charge on any atom is -0.494 e. The van der Waals surface area contributed by atoms with Crippen LogP contribution in [0.15, 0.2) is 53.4 Å². The van der Waals surface area contributed by atoms with Gasteiger partial charge in [0.1, 0.15) is 5.75 Å². The van der Waals surface area contributed by atoms with Crippen LogP contribution in [0, 0.1) is 0 Å². The number of ether oxygens (including phenoxy) is 1. The topological polar surface area (TPSA) is 92.7 Å². The molecule has 2 rings (SSSR count). The Hall–Kier alpha value is -2.54. The van der Waals surface area contributed by atoms with Crippen molar-refractivity contribution in [1.29, 1.82) is 0 Å². The minimum absolute atomic E-state index is 0.105. The third kappa shape index (κ3) is 4.72. The Labute approximate surface area is 134 Å². The fraction of sp³-hybridized carbons (Fsp3) is 0.188. The van der Waals surface area contributed by atoms with Crippen LogP contribution in [0.25, 0.3) is 0 Å². The molecule has 2 aromatic carbocycles. The van der Waals surface area contributed by atoms with Crippen LogP contribution in [0.1, 0.15) is 12.5 Å². The van der Waals surface area contributed by atoms with Crippen molar-refractivity contribution in [1.82, 2.24) is 0 Å². The molecule has 0 atom stereocenters. The number of hydrogen-bond acceptors (Lipinski definition) is 4. The summed E-state index contributed by atoms with van der Waals surface area (Å²) in [7, 11) is -3.70. The Bertz CT molecular complexity index is 767. The maximum Gasteiger partial charge on any atom is 0.307 e. The van der Waals surface area contributed by atoms with Crippen LogP contribution in [0.2, 0.25) is 0 Å². The smallest absolute Gasteiger partial charge is 0.307 e. The Morgan fingerprint density at radius 2 is 1.70 bits per heavy atom. The van der Waals surface area contributed by atoms with Gasteiger partial charge in [0.05, 0.1) is 17.9 Å². The molecular weight excluding hydrogens is 318 g/mol. The molecule has 0 radical (unpaired) electrons. The number of carboxylic acid groups (broad SMARTS) is 1. The molecule has 0 bridgehead atoms. The Kier molecular flexibility index (Phi) is 5.23. The van der Waals surface area contributed by atoms with E-state index < -0.39 is 16.0 Å². The van der Waals surface area contributed by atoms with E-state index in [1.807, 2.05) is 6.92 Å². The van der Waals surface area contributed by atoms with E-state index in [4.69, 9.17) is 9.84 Å².